The number of rotatable bonds is 2. The van der Waals surface area contributed by atoms with Gasteiger partial charge in [0.1, 0.15) is 5.82 Å². The van der Waals surface area contributed by atoms with Crippen molar-refractivity contribution in [3.05, 3.63) is 29.6 Å². The third-order valence-corrected chi connectivity index (χ3v) is 2.79. The maximum Gasteiger partial charge on any atom is 0.146 e. The van der Waals surface area contributed by atoms with Crippen molar-refractivity contribution in [1.82, 2.24) is 0 Å². The summed E-state index contributed by atoms with van der Waals surface area (Å²) in [6.45, 7) is 0. The Morgan fingerprint density at radius 2 is 2.00 bits per heavy atom. The zero-order valence-corrected chi connectivity index (χ0v) is 8.55. The summed E-state index contributed by atoms with van der Waals surface area (Å²) in [6, 6.07) is 5.13. The van der Waals surface area contributed by atoms with Gasteiger partial charge in [0.2, 0.25) is 0 Å². The van der Waals surface area contributed by atoms with Gasteiger partial charge < -0.3 is 10.6 Å². The lowest BCUT2D eigenvalue weighted by Gasteiger charge is -2.17. The van der Waals surface area contributed by atoms with E-state index in [4.69, 9.17) is 5.73 Å². The maximum absolute atomic E-state index is 13.3. The second kappa shape index (κ2) is 2.95. The molecule has 1 fully saturated rings. The van der Waals surface area contributed by atoms with Gasteiger partial charge in [-0.25, -0.2) is 4.39 Å². The number of anilines is 1. The summed E-state index contributed by atoms with van der Waals surface area (Å²) in [5.74, 6) is -0.192. The summed E-state index contributed by atoms with van der Waals surface area (Å²) in [5, 5.41) is 0. The van der Waals surface area contributed by atoms with Gasteiger partial charge in [-0.2, -0.15) is 0 Å². The molecular formula is C11H15FN2. The van der Waals surface area contributed by atoms with E-state index in [1.54, 1.807) is 11.0 Å². The van der Waals surface area contributed by atoms with Crippen LogP contribution in [0.4, 0.5) is 10.1 Å². The topological polar surface area (TPSA) is 29.3 Å². The second-order valence-electron chi connectivity index (χ2n) is 4.22. The Kier molecular flexibility index (Phi) is 2.00. The normalized spacial score (nSPS) is 18.0. The van der Waals surface area contributed by atoms with Crippen molar-refractivity contribution in [2.45, 2.75) is 18.4 Å². The van der Waals surface area contributed by atoms with Crippen LogP contribution in [-0.2, 0) is 5.54 Å². The first kappa shape index (κ1) is 9.46. The number of nitrogens with two attached hydrogens (primary N) is 1. The minimum absolute atomic E-state index is 0.182. The standard InChI is InChI=1S/C11H15FN2/c1-14(2)10-7-8(3-4-9(10)12)11(13)5-6-11/h3-4,7H,5-6,13H2,1-2H3. The van der Waals surface area contributed by atoms with Gasteiger partial charge in [-0.3, -0.25) is 0 Å². The van der Waals surface area contributed by atoms with Crippen LogP contribution in [0.25, 0.3) is 0 Å². The minimum atomic E-state index is -0.192. The van der Waals surface area contributed by atoms with Crippen molar-refractivity contribution in [1.29, 1.82) is 0 Å². The highest BCUT2D eigenvalue weighted by Crippen LogP contribution is 2.43. The average Bonchev–Trinajstić information content (AvgIpc) is 2.85. The molecule has 2 nitrogen and oxygen atoms in total. The van der Waals surface area contributed by atoms with Gasteiger partial charge in [0.05, 0.1) is 5.69 Å². The fraction of sp³-hybridized carbons (Fsp3) is 0.455. The summed E-state index contributed by atoms with van der Waals surface area (Å²) in [7, 11) is 3.66. The van der Waals surface area contributed by atoms with E-state index >= 15 is 0 Å². The Hall–Kier alpha value is -1.09. The van der Waals surface area contributed by atoms with Crippen LogP contribution in [0, 0.1) is 5.82 Å². The summed E-state index contributed by atoms with van der Waals surface area (Å²) < 4.78 is 13.3. The molecule has 76 valence electrons. The molecule has 14 heavy (non-hydrogen) atoms. The van der Waals surface area contributed by atoms with E-state index < -0.39 is 0 Å². The molecule has 0 amide bonds. The lowest BCUT2D eigenvalue weighted by atomic mass is 10.0. The third kappa shape index (κ3) is 1.48. The second-order valence-corrected chi connectivity index (χ2v) is 4.22. The molecule has 1 aromatic carbocycles. The van der Waals surface area contributed by atoms with Crippen LogP contribution in [0.15, 0.2) is 18.2 Å². The lowest BCUT2D eigenvalue weighted by molar-refractivity contribution is 0.622. The molecule has 0 bridgehead atoms. The van der Waals surface area contributed by atoms with E-state index in [1.807, 2.05) is 20.2 Å². The summed E-state index contributed by atoms with van der Waals surface area (Å²) in [6.07, 6.45) is 2.01. The van der Waals surface area contributed by atoms with Crippen molar-refractivity contribution in [2.24, 2.45) is 5.73 Å². The van der Waals surface area contributed by atoms with Gasteiger partial charge in [-0.1, -0.05) is 6.07 Å². The molecule has 1 aliphatic carbocycles. The van der Waals surface area contributed by atoms with E-state index in [2.05, 4.69) is 0 Å². The molecule has 0 spiro atoms. The molecule has 0 radical (unpaired) electrons. The highest BCUT2D eigenvalue weighted by atomic mass is 19.1. The Morgan fingerprint density at radius 1 is 1.36 bits per heavy atom. The molecule has 1 aliphatic rings. The Bertz CT molecular complexity index is 356. The molecule has 2 rings (SSSR count). The van der Waals surface area contributed by atoms with E-state index in [0.29, 0.717) is 5.69 Å². The minimum Gasteiger partial charge on any atom is -0.375 e. The molecule has 0 saturated heterocycles. The first-order valence-corrected chi connectivity index (χ1v) is 4.79. The van der Waals surface area contributed by atoms with Gasteiger partial charge in [0.25, 0.3) is 0 Å². The van der Waals surface area contributed by atoms with Crippen LogP contribution < -0.4 is 10.6 Å². The summed E-state index contributed by atoms with van der Waals surface area (Å²) in [5.41, 5.74) is 7.52. The van der Waals surface area contributed by atoms with Crippen LogP contribution >= 0.6 is 0 Å². The Balaban J connectivity index is 2.41. The predicted molar refractivity (Wildman–Crippen MR) is 55.8 cm³/mol. The highest BCUT2D eigenvalue weighted by Gasteiger charge is 2.40. The third-order valence-electron chi connectivity index (χ3n) is 2.79. The lowest BCUT2D eigenvalue weighted by Crippen LogP contribution is -2.20. The van der Waals surface area contributed by atoms with Crippen molar-refractivity contribution >= 4 is 5.69 Å². The molecule has 1 aromatic rings. The number of hydrogen-bond donors (Lipinski definition) is 1. The summed E-state index contributed by atoms with van der Waals surface area (Å²) in [4.78, 5) is 1.77. The fourth-order valence-corrected chi connectivity index (χ4v) is 1.59. The molecule has 0 atom stereocenters. The van der Waals surface area contributed by atoms with Crippen molar-refractivity contribution in [3.8, 4) is 0 Å². The molecule has 0 unspecified atom stereocenters. The van der Waals surface area contributed by atoms with Crippen LogP contribution in [0.3, 0.4) is 0 Å². The first-order chi connectivity index (χ1) is 6.53. The highest BCUT2D eigenvalue weighted by molar-refractivity contribution is 5.51. The van der Waals surface area contributed by atoms with E-state index in [9.17, 15) is 4.39 Å². The molecular weight excluding hydrogens is 179 g/mol. The number of benzene rings is 1. The molecule has 3 heteroatoms. The molecule has 2 N–H and O–H groups in total. The zero-order valence-electron chi connectivity index (χ0n) is 8.55. The molecule has 0 aromatic heterocycles. The monoisotopic (exact) mass is 194 g/mol. The number of nitrogens with zero attached hydrogens (tertiary/aromatic N) is 1. The van der Waals surface area contributed by atoms with Crippen molar-refractivity contribution < 1.29 is 4.39 Å². The quantitative estimate of drug-likeness (QED) is 0.778. The van der Waals surface area contributed by atoms with Crippen molar-refractivity contribution in [2.75, 3.05) is 19.0 Å². The Labute approximate surface area is 83.5 Å². The van der Waals surface area contributed by atoms with E-state index in [1.165, 1.54) is 6.07 Å². The van der Waals surface area contributed by atoms with Crippen LogP contribution in [-0.4, -0.2) is 14.1 Å². The fourth-order valence-electron chi connectivity index (χ4n) is 1.59. The Morgan fingerprint density at radius 3 is 2.50 bits per heavy atom. The van der Waals surface area contributed by atoms with Gasteiger partial charge in [0, 0.05) is 19.6 Å². The summed E-state index contributed by atoms with van der Waals surface area (Å²) >= 11 is 0. The van der Waals surface area contributed by atoms with E-state index in [-0.39, 0.29) is 11.4 Å². The number of hydrogen-bond acceptors (Lipinski definition) is 2. The molecule has 0 heterocycles. The smallest absolute Gasteiger partial charge is 0.146 e. The number of halogens is 1. The van der Waals surface area contributed by atoms with E-state index in [0.717, 1.165) is 18.4 Å². The SMILES string of the molecule is CN(C)c1cc(C2(N)CC2)ccc1F. The van der Waals surface area contributed by atoms with Crippen molar-refractivity contribution in [3.63, 3.8) is 0 Å². The predicted octanol–water partition coefficient (Wildman–Crippen LogP) is 1.84. The van der Waals surface area contributed by atoms with Crippen LogP contribution in [0.2, 0.25) is 0 Å². The largest absolute Gasteiger partial charge is 0.375 e. The molecule has 1 saturated carbocycles. The van der Waals surface area contributed by atoms with Gasteiger partial charge in [-0.05, 0) is 30.5 Å². The van der Waals surface area contributed by atoms with Gasteiger partial charge >= 0.3 is 0 Å². The van der Waals surface area contributed by atoms with Crippen LogP contribution in [0.1, 0.15) is 18.4 Å². The first-order valence-electron chi connectivity index (χ1n) is 4.79. The maximum atomic E-state index is 13.3. The van der Waals surface area contributed by atoms with Gasteiger partial charge in [-0.15, -0.1) is 0 Å². The molecule has 0 aliphatic heterocycles. The average molecular weight is 194 g/mol. The van der Waals surface area contributed by atoms with Gasteiger partial charge in [0.15, 0.2) is 0 Å². The zero-order chi connectivity index (χ0) is 10.3. The van der Waals surface area contributed by atoms with Crippen LogP contribution in [0.5, 0.6) is 0 Å².